The fraction of sp³-hybridized carbons (Fsp3) is 0.118. The number of hydrogen-bond acceptors (Lipinski definition) is 6. The summed E-state index contributed by atoms with van der Waals surface area (Å²) in [5.41, 5.74) is 2.46. The summed E-state index contributed by atoms with van der Waals surface area (Å²) in [6.45, 7) is 3.19. The van der Waals surface area contributed by atoms with Crippen molar-refractivity contribution in [3.63, 3.8) is 0 Å². The summed E-state index contributed by atoms with van der Waals surface area (Å²) < 4.78 is 5.25. The van der Waals surface area contributed by atoms with Crippen molar-refractivity contribution in [3.05, 3.63) is 58.1 Å². The van der Waals surface area contributed by atoms with E-state index in [1.807, 2.05) is 13.0 Å². The van der Waals surface area contributed by atoms with Crippen LogP contribution in [0.4, 0.5) is 5.69 Å². The fourth-order valence-electron chi connectivity index (χ4n) is 2.41. The molecule has 0 spiro atoms. The van der Waals surface area contributed by atoms with E-state index in [-0.39, 0.29) is 5.69 Å². The second-order valence-electron chi connectivity index (χ2n) is 5.33. The maximum atomic E-state index is 11.3. The van der Waals surface area contributed by atoms with E-state index in [9.17, 15) is 14.9 Å². The highest BCUT2D eigenvalue weighted by atomic mass is 16.6. The average molecular weight is 323 g/mol. The van der Waals surface area contributed by atoms with E-state index >= 15 is 0 Å². The standard InChI is InChI=1S/C17H13N3O4/c1-10-6-16-14(17(7-10)24-11(2)21)9-15(18-19-16)12-4-3-5-13(8-12)20(22)23/h3-9H,1-2H3. The lowest BCUT2D eigenvalue weighted by atomic mass is 10.1. The quantitative estimate of drug-likeness (QED) is 0.317. The summed E-state index contributed by atoms with van der Waals surface area (Å²) in [5.74, 6) is -0.0466. The van der Waals surface area contributed by atoms with Crippen molar-refractivity contribution in [2.45, 2.75) is 13.8 Å². The van der Waals surface area contributed by atoms with Crippen LogP contribution in [0.15, 0.2) is 42.5 Å². The lowest BCUT2D eigenvalue weighted by molar-refractivity contribution is -0.384. The van der Waals surface area contributed by atoms with Gasteiger partial charge in [0, 0.05) is 30.0 Å². The third-order valence-electron chi connectivity index (χ3n) is 3.42. The van der Waals surface area contributed by atoms with Crippen molar-refractivity contribution in [2.75, 3.05) is 0 Å². The van der Waals surface area contributed by atoms with Crippen LogP contribution in [-0.4, -0.2) is 21.1 Å². The summed E-state index contributed by atoms with van der Waals surface area (Å²) in [7, 11) is 0. The highest BCUT2D eigenvalue weighted by Crippen LogP contribution is 2.30. The zero-order valence-corrected chi connectivity index (χ0v) is 13.0. The van der Waals surface area contributed by atoms with E-state index < -0.39 is 10.9 Å². The largest absolute Gasteiger partial charge is 0.426 e. The minimum absolute atomic E-state index is 0.0292. The summed E-state index contributed by atoms with van der Waals surface area (Å²) in [4.78, 5) is 21.8. The number of carbonyl (C=O) groups excluding carboxylic acids is 1. The molecule has 0 radical (unpaired) electrons. The Kier molecular flexibility index (Phi) is 3.91. The van der Waals surface area contributed by atoms with Gasteiger partial charge in [-0.25, -0.2) is 0 Å². The van der Waals surface area contributed by atoms with Crippen LogP contribution < -0.4 is 4.74 Å². The first-order valence-electron chi connectivity index (χ1n) is 7.15. The molecule has 0 fully saturated rings. The summed E-state index contributed by atoms with van der Waals surface area (Å²) in [6, 6.07) is 11.4. The second-order valence-corrected chi connectivity index (χ2v) is 5.33. The highest BCUT2D eigenvalue weighted by Gasteiger charge is 2.12. The highest BCUT2D eigenvalue weighted by molar-refractivity contribution is 5.90. The van der Waals surface area contributed by atoms with Crippen LogP contribution in [-0.2, 0) is 4.79 Å². The molecule has 0 atom stereocenters. The molecule has 0 aliphatic carbocycles. The van der Waals surface area contributed by atoms with Gasteiger partial charge >= 0.3 is 5.97 Å². The molecule has 3 aromatic rings. The van der Waals surface area contributed by atoms with E-state index in [1.54, 1.807) is 24.3 Å². The maximum absolute atomic E-state index is 11.3. The van der Waals surface area contributed by atoms with E-state index in [4.69, 9.17) is 4.74 Å². The molecule has 7 nitrogen and oxygen atoms in total. The first kappa shape index (κ1) is 15.5. The molecule has 0 saturated carbocycles. The number of fused-ring (bicyclic) bond motifs is 1. The summed E-state index contributed by atoms with van der Waals surface area (Å²) >= 11 is 0. The van der Waals surface area contributed by atoms with Gasteiger partial charge in [0.25, 0.3) is 5.69 Å². The average Bonchev–Trinajstić information content (AvgIpc) is 2.54. The molecule has 0 bridgehead atoms. The number of nitrogens with zero attached hydrogens (tertiary/aromatic N) is 3. The van der Waals surface area contributed by atoms with E-state index in [1.165, 1.54) is 19.1 Å². The van der Waals surface area contributed by atoms with E-state index in [0.29, 0.717) is 27.9 Å². The Hall–Kier alpha value is -3.35. The zero-order chi connectivity index (χ0) is 17.3. The van der Waals surface area contributed by atoms with Crippen molar-refractivity contribution in [1.82, 2.24) is 10.2 Å². The lowest BCUT2D eigenvalue weighted by Gasteiger charge is -2.08. The number of carbonyl (C=O) groups is 1. The molecule has 0 unspecified atom stereocenters. The minimum atomic E-state index is -0.467. The Labute approximate surface area is 137 Å². The number of hydrogen-bond donors (Lipinski definition) is 0. The monoisotopic (exact) mass is 323 g/mol. The third kappa shape index (κ3) is 3.05. The Balaban J connectivity index is 2.17. The molecule has 120 valence electrons. The van der Waals surface area contributed by atoms with Crippen LogP contribution in [0, 0.1) is 17.0 Å². The number of benzene rings is 2. The van der Waals surface area contributed by atoms with Crippen LogP contribution in [0.2, 0.25) is 0 Å². The number of aryl methyl sites for hydroxylation is 1. The number of nitro benzene ring substituents is 1. The number of rotatable bonds is 3. The van der Waals surface area contributed by atoms with Crippen LogP contribution in [0.3, 0.4) is 0 Å². The predicted molar refractivity (Wildman–Crippen MR) is 87.7 cm³/mol. The number of esters is 1. The second kappa shape index (κ2) is 6.04. The van der Waals surface area contributed by atoms with Crippen molar-refractivity contribution < 1.29 is 14.5 Å². The fourth-order valence-corrected chi connectivity index (χ4v) is 2.41. The van der Waals surface area contributed by atoms with Gasteiger partial charge in [-0.3, -0.25) is 14.9 Å². The summed E-state index contributed by atoms with van der Waals surface area (Å²) in [6.07, 6.45) is 0. The minimum Gasteiger partial charge on any atom is -0.426 e. The van der Waals surface area contributed by atoms with E-state index in [2.05, 4.69) is 10.2 Å². The number of non-ortho nitro benzene ring substituents is 1. The number of ether oxygens (including phenoxy) is 1. The molecule has 1 aromatic heterocycles. The van der Waals surface area contributed by atoms with Crippen LogP contribution in [0.25, 0.3) is 22.2 Å². The molecule has 7 heteroatoms. The molecule has 1 heterocycles. The smallest absolute Gasteiger partial charge is 0.308 e. The Morgan fingerprint density at radius 2 is 1.96 bits per heavy atom. The predicted octanol–water partition coefficient (Wildman–Crippen LogP) is 3.44. The molecular formula is C17H13N3O4. The third-order valence-corrected chi connectivity index (χ3v) is 3.42. The van der Waals surface area contributed by atoms with Crippen molar-refractivity contribution in [3.8, 4) is 17.0 Å². The van der Waals surface area contributed by atoms with Crippen LogP contribution in [0.1, 0.15) is 12.5 Å². The normalized spacial score (nSPS) is 10.6. The first-order valence-corrected chi connectivity index (χ1v) is 7.15. The Bertz CT molecular complexity index is 969. The van der Waals surface area contributed by atoms with Gasteiger partial charge in [0.15, 0.2) is 0 Å². The SMILES string of the molecule is CC(=O)Oc1cc(C)cc2nnc(-c3cccc([N+](=O)[O-])c3)cc12. The van der Waals surface area contributed by atoms with Gasteiger partial charge in [-0.15, -0.1) is 10.2 Å². The molecular weight excluding hydrogens is 310 g/mol. The van der Waals surface area contributed by atoms with Crippen molar-refractivity contribution >= 4 is 22.6 Å². The molecule has 2 aromatic carbocycles. The molecule has 0 N–H and O–H groups in total. The van der Waals surface area contributed by atoms with Gasteiger partial charge in [-0.1, -0.05) is 12.1 Å². The molecule has 3 rings (SSSR count). The molecule has 24 heavy (non-hydrogen) atoms. The van der Waals surface area contributed by atoms with Gasteiger partial charge in [0.1, 0.15) is 5.75 Å². The van der Waals surface area contributed by atoms with Gasteiger partial charge in [-0.05, 0) is 30.7 Å². The topological polar surface area (TPSA) is 95.2 Å². The number of nitro groups is 1. The molecule has 0 saturated heterocycles. The van der Waals surface area contributed by atoms with Gasteiger partial charge in [0.2, 0.25) is 0 Å². The Morgan fingerprint density at radius 3 is 2.67 bits per heavy atom. The maximum Gasteiger partial charge on any atom is 0.308 e. The van der Waals surface area contributed by atoms with Gasteiger partial charge in [0.05, 0.1) is 16.1 Å². The molecule has 0 aliphatic heterocycles. The van der Waals surface area contributed by atoms with E-state index in [0.717, 1.165) is 5.56 Å². The van der Waals surface area contributed by atoms with Crippen molar-refractivity contribution in [1.29, 1.82) is 0 Å². The van der Waals surface area contributed by atoms with Crippen LogP contribution >= 0.6 is 0 Å². The van der Waals surface area contributed by atoms with Gasteiger partial charge < -0.3 is 4.74 Å². The Morgan fingerprint density at radius 1 is 1.17 bits per heavy atom. The number of aromatic nitrogens is 2. The lowest BCUT2D eigenvalue weighted by Crippen LogP contribution is -2.03. The molecule has 0 amide bonds. The summed E-state index contributed by atoms with van der Waals surface area (Å²) in [5, 5.41) is 19.8. The van der Waals surface area contributed by atoms with Crippen molar-refractivity contribution in [2.24, 2.45) is 0 Å². The zero-order valence-electron chi connectivity index (χ0n) is 13.0. The molecule has 0 aliphatic rings. The first-order chi connectivity index (χ1) is 11.4. The van der Waals surface area contributed by atoms with Gasteiger partial charge in [-0.2, -0.15) is 0 Å². The van der Waals surface area contributed by atoms with Crippen LogP contribution in [0.5, 0.6) is 5.75 Å².